The van der Waals surface area contributed by atoms with Gasteiger partial charge >= 0.3 is 5.97 Å². The minimum atomic E-state index is -0.906. The molecule has 3 rings (SSSR count). The predicted molar refractivity (Wildman–Crippen MR) is 119 cm³/mol. The van der Waals surface area contributed by atoms with E-state index in [1.807, 2.05) is 57.3 Å². The van der Waals surface area contributed by atoms with E-state index in [-0.39, 0.29) is 6.10 Å². The van der Waals surface area contributed by atoms with Gasteiger partial charge in [0.15, 0.2) is 11.5 Å². The van der Waals surface area contributed by atoms with Crippen LogP contribution in [0.5, 0.6) is 11.5 Å². The van der Waals surface area contributed by atoms with Crippen LogP contribution in [-0.2, 0) is 17.8 Å². The van der Waals surface area contributed by atoms with Gasteiger partial charge in [0.25, 0.3) is 0 Å². The molecule has 6 nitrogen and oxygen atoms in total. The van der Waals surface area contributed by atoms with Crippen molar-refractivity contribution in [3.05, 3.63) is 58.7 Å². The lowest BCUT2D eigenvalue weighted by molar-refractivity contribution is -0.139. The summed E-state index contributed by atoms with van der Waals surface area (Å²) in [5.41, 5.74) is 2.77. The minimum Gasteiger partial charge on any atom is -0.490 e. The van der Waals surface area contributed by atoms with Crippen LogP contribution < -0.4 is 14.8 Å². The highest BCUT2D eigenvalue weighted by atomic mass is 35.5. The van der Waals surface area contributed by atoms with Crippen molar-refractivity contribution in [3.63, 3.8) is 0 Å². The Hall–Kier alpha value is -2.70. The summed E-state index contributed by atoms with van der Waals surface area (Å²) in [6.07, 6.45) is 2.18. The van der Waals surface area contributed by atoms with Crippen LogP contribution in [0.3, 0.4) is 0 Å². The van der Waals surface area contributed by atoms with Gasteiger partial charge in [0.1, 0.15) is 6.04 Å². The molecule has 0 aliphatic carbocycles. The lowest BCUT2D eigenvalue weighted by Gasteiger charge is -2.18. The van der Waals surface area contributed by atoms with Crippen LogP contribution in [0.2, 0.25) is 5.02 Å². The Morgan fingerprint density at radius 3 is 2.73 bits per heavy atom. The van der Waals surface area contributed by atoms with E-state index in [1.165, 1.54) is 0 Å². The van der Waals surface area contributed by atoms with Gasteiger partial charge in [-0.05, 0) is 50.1 Å². The first kappa shape index (κ1) is 22.0. The molecule has 7 heteroatoms. The quantitative estimate of drug-likeness (QED) is 0.430. The Morgan fingerprint density at radius 1 is 1.27 bits per heavy atom. The summed E-state index contributed by atoms with van der Waals surface area (Å²) in [6, 6.07) is 10.7. The number of benzene rings is 2. The molecule has 1 heterocycles. The van der Waals surface area contributed by atoms with Crippen molar-refractivity contribution < 1.29 is 19.4 Å². The standard InChI is InChI=1S/C23H27ClN2O4/c1-4-29-21-10-15(9-18(24)22(21)30-14(2)3)12-25-20(23(27)28)11-16-13-26-19-8-6-5-7-17(16)19/h5-10,13-14,20,25-26H,4,11-12H2,1-3H3,(H,27,28). The molecule has 0 amide bonds. The molecular formula is C23H27ClN2O4. The van der Waals surface area contributed by atoms with E-state index < -0.39 is 12.0 Å². The number of para-hydroxylation sites is 1. The van der Waals surface area contributed by atoms with E-state index in [0.717, 1.165) is 22.0 Å². The zero-order chi connectivity index (χ0) is 21.7. The first-order chi connectivity index (χ1) is 14.4. The predicted octanol–water partition coefficient (Wildman–Crippen LogP) is 4.79. The first-order valence-electron chi connectivity index (χ1n) is 10.0. The Kier molecular flexibility index (Phi) is 7.24. The molecule has 0 aliphatic heterocycles. The van der Waals surface area contributed by atoms with Gasteiger partial charge in [0.2, 0.25) is 0 Å². The smallest absolute Gasteiger partial charge is 0.321 e. The maximum atomic E-state index is 11.9. The lowest BCUT2D eigenvalue weighted by atomic mass is 10.0. The van der Waals surface area contributed by atoms with Crippen molar-refractivity contribution in [2.24, 2.45) is 0 Å². The third-order valence-corrected chi connectivity index (χ3v) is 4.95. The molecule has 160 valence electrons. The highest BCUT2D eigenvalue weighted by Crippen LogP contribution is 2.37. The molecule has 0 aliphatic rings. The number of hydrogen-bond acceptors (Lipinski definition) is 4. The van der Waals surface area contributed by atoms with Crippen molar-refractivity contribution in [1.29, 1.82) is 0 Å². The van der Waals surface area contributed by atoms with E-state index in [0.29, 0.717) is 36.1 Å². The van der Waals surface area contributed by atoms with Crippen LogP contribution >= 0.6 is 11.6 Å². The Morgan fingerprint density at radius 2 is 2.03 bits per heavy atom. The van der Waals surface area contributed by atoms with Gasteiger partial charge in [-0.25, -0.2) is 0 Å². The van der Waals surface area contributed by atoms with Crippen molar-refractivity contribution >= 4 is 28.5 Å². The van der Waals surface area contributed by atoms with E-state index >= 15 is 0 Å². The van der Waals surface area contributed by atoms with Crippen molar-refractivity contribution in [1.82, 2.24) is 10.3 Å². The number of rotatable bonds is 10. The highest BCUT2D eigenvalue weighted by Gasteiger charge is 2.20. The normalized spacial score (nSPS) is 12.3. The largest absolute Gasteiger partial charge is 0.490 e. The van der Waals surface area contributed by atoms with Crippen molar-refractivity contribution in [3.8, 4) is 11.5 Å². The second kappa shape index (κ2) is 9.87. The fraction of sp³-hybridized carbons (Fsp3) is 0.348. The molecule has 1 aromatic heterocycles. The van der Waals surface area contributed by atoms with Gasteiger partial charge in [-0.1, -0.05) is 29.8 Å². The van der Waals surface area contributed by atoms with E-state index in [9.17, 15) is 9.90 Å². The van der Waals surface area contributed by atoms with Crippen LogP contribution in [0.4, 0.5) is 0 Å². The zero-order valence-electron chi connectivity index (χ0n) is 17.4. The number of halogens is 1. The number of carboxylic acids is 1. The van der Waals surface area contributed by atoms with Crippen LogP contribution in [0.25, 0.3) is 10.9 Å². The molecular weight excluding hydrogens is 404 g/mol. The number of nitrogens with one attached hydrogen (secondary N) is 2. The molecule has 0 saturated carbocycles. The summed E-state index contributed by atoms with van der Waals surface area (Å²) in [5, 5.41) is 14.3. The summed E-state index contributed by atoms with van der Waals surface area (Å²) in [7, 11) is 0. The van der Waals surface area contributed by atoms with Crippen LogP contribution in [0, 0.1) is 0 Å². The molecule has 0 fully saturated rings. The third kappa shape index (κ3) is 5.26. The molecule has 0 spiro atoms. The fourth-order valence-electron chi connectivity index (χ4n) is 3.34. The number of hydrogen-bond donors (Lipinski definition) is 3. The summed E-state index contributed by atoms with van der Waals surface area (Å²) < 4.78 is 11.5. The first-order valence-corrected chi connectivity index (χ1v) is 10.4. The number of carbonyl (C=O) groups is 1. The molecule has 2 aromatic carbocycles. The Labute approximate surface area is 181 Å². The van der Waals surface area contributed by atoms with Crippen molar-refractivity contribution in [2.45, 2.75) is 45.9 Å². The van der Waals surface area contributed by atoms with E-state index in [1.54, 1.807) is 6.07 Å². The summed E-state index contributed by atoms with van der Waals surface area (Å²) in [4.78, 5) is 15.0. The molecule has 1 atom stereocenters. The zero-order valence-corrected chi connectivity index (χ0v) is 18.1. The number of fused-ring (bicyclic) bond motifs is 1. The second-order valence-corrected chi connectivity index (χ2v) is 7.75. The van der Waals surface area contributed by atoms with Gasteiger partial charge in [-0.15, -0.1) is 0 Å². The molecule has 30 heavy (non-hydrogen) atoms. The van der Waals surface area contributed by atoms with E-state index in [2.05, 4.69) is 10.3 Å². The molecule has 3 aromatic rings. The number of aliphatic carboxylic acids is 1. The summed E-state index contributed by atoms with van der Waals surface area (Å²) in [6.45, 7) is 6.54. The molecule has 0 radical (unpaired) electrons. The molecule has 0 bridgehead atoms. The maximum Gasteiger partial charge on any atom is 0.321 e. The number of ether oxygens (including phenoxy) is 2. The highest BCUT2D eigenvalue weighted by molar-refractivity contribution is 6.32. The number of carboxylic acid groups (broad SMARTS) is 1. The summed E-state index contributed by atoms with van der Waals surface area (Å²) in [5.74, 6) is 0.154. The van der Waals surface area contributed by atoms with Crippen LogP contribution in [0.15, 0.2) is 42.6 Å². The average molecular weight is 431 g/mol. The maximum absolute atomic E-state index is 11.9. The Bertz CT molecular complexity index is 1020. The number of aromatic nitrogens is 1. The average Bonchev–Trinajstić information content (AvgIpc) is 3.10. The fourth-order valence-corrected chi connectivity index (χ4v) is 3.62. The van der Waals surface area contributed by atoms with E-state index in [4.69, 9.17) is 21.1 Å². The van der Waals surface area contributed by atoms with Crippen LogP contribution in [-0.4, -0.2) is 34.8 Å². The number of aromatic amines is 1. The molecule has 1 unspecified atom stereocenters. The Balaban J connectivity index is 1.76. The van der Waals surface area contributed by atoms with Gasteiger partial charge in [-0.3, -0.25) is 4.79 Å². The number of H-pyrrole nitrogens is 1. The van der Waals surface area contributed by atoms with Crippen LogP contribution in [0.1, 0.15) is 31.9 Å². The monoisotopic (exact) mass is 430 g/mol. The minimum absolute atomic E-state index is 0.0433. The van der Waals surface area contributed by atoms with Gasteiger partial charge in [0.05, 0.1) is 17.7 Å². The second-order valence-electron chi connectivity index (χ2n) is 7.34. The third-order valence-electron chi connectivity index (χ3n) is 4.67. The van der Waals surface area contributed by atoms with Crippen molar-refractivity contribution in [2.75, 3.05) is 6.61 Å². The summed E-state index contributed by atoms with van der Waals surface area (Å²) >= 11 is 6.42. The molecule has 0 saturated heterocycles. The van der Waals surface area contributed by atoms with Gasteiger partial charge in [0, 0.05) is 30.1 Å². The van der Waals surface area contributed by atoms with Gasteiger partial charge < -0.3 is 24.9 Å². The topological polar surface area (TPSA) is 83.6 Å². The lowest BCUT2D eigenvalue weighted by Crippen LogP contribution is -2.38. The SMILES string of the molecule is CCOc1cc(CNC(Cc2c[nH]c3ccccc23)C(=O)O)cc(Cl)c1OC(C)C. The molecule has 3 N–H and O–H groups in total. The van der Waals surface area contributed by atoms with Gasteiger partial charge in [-0.2, -0.15) is 0 Å².